The van der Waals surface area contributed by atoms with Gasteiger partial charge in [-0.2, -0.15) is 0 Å². The molecular weight excluding hydrogens is 252 g/mol. The van der Waals surface area contributed by atoms with Gasteiger partial charge in [-0.05, 0) is 13.8 Å². The van der Waals surface area contributed by atoms with Gasteiger partial charge in [0.2, 0.25) is 0 Å². The van der Waals surface area contributed by atoms with Crippen molar-refractivity contribution < 1.29 is 23.7 Å². The number of epoxide rings is 1. The van der Waals surface area contributed by atoms with E-state index in [9.17, 15) is 9.90 Å². The maximum Gasteiger partial charge on any atom is 0.345 e. The van der Waals surface area contributed by atoms with Crippen LogP contribution in [0.5, 0.6) is 5.75 Å². The Morgan fingerprint density at radius 1 is 1.32 bits per heavy atom. The van der Waals surface area contributed by atoms with Crippen molar-refractivity contribution in [1.82, 2.24) is 0 Å². The second-order valence-corrected chi connectivity index (χ2v) is 4.95. The van der Waals surface area contributed by atoms with E-state index in [0.717, 1.165) is 0 Å². The lowest BCUT2D eigenvalue weighted by molar-refractivity contribution is -0.0816. The highest BCUT2D eigenvalue weighted by Crippen LogP contribution is 2.42. The third-order valence-corrected chi connectivity index (χ3v) is 3.60. The molecule has 3 rings (SSSR count). The lowest BCUT2D eigenvalue weighted by atomic mass is 9.98. The lowest BCUT2D eigenvalue weighted by Crippen LogP contribution is -2.41. The van der Waals surface area contributed by atoms with E-state index in [0.29, 0.717) is 11.5 Å². The van der Waals surface area contributed by atoms with E-state index in [2.05, 4.69) is 0 Å². The third-order valence-electron chi connectivity index (χ3n) is 3.60. The Labute approximate surface area is 109 Å². The fourth-order valence-electron chi connectivity index (χ4n) is 2.42. The summed E-state index contributed by atoms with van der Waals surface area (Å²) >= 11 is 0. The largest absolute Gasteiger partial charge is 0.487 e. The molecule has 0 saturated carbocycles. The highest BCUT2D eigenvalue weighted by molar-refractivity contribution is 5.37. The fraction of sp³-hybridized carbons (Fsp3) is 0.615. The molecule has 0 spiro atoms. The minimum Gasteiger partial charge on any atom is -0.487 e. The zero-order valence-corrected chi connectivity index (χ0v) is 11.0. The van der Waals surface area contributed by atoms with Gasteiger partial charge in [0.25, 0.3) is 0 Å². The zero-order valence-electron chi connectivity index (χ0n) is 11.0. The average Bonchev–Trinajstić information content (AvgIpc) is 3.08. The van der Waals surface area contributed by atoms with Crippen LogP contribution >= 0.6 is 0 Å². The molecule has 6 nitrogen and oxygen atoms in total. The van der Waals surface area contributed by atoms with Crippen LogP contribution in [0.25, 0.3) is 0 Å². The van der Waals surface area contributed by atoms with Crippen LogP contribution in [0, 0.1) is 0 Å². The Morgan fingerprint density at radius 2 is 2.00 bits per heavy atom. The standard InChI is InChI=1S/C13H16O6/c1-5-10(14)12(16-3)9-7(17-5)4-8(19-13(9)15)11-6(2)18-11/h4-6,10-12,14H,1-3H3/t5-,6-,10-,11+,12+/m0/s1. The molecule has 1 saturated heterocycles. The first kappa shape index (κ1) is 12.7. The quantitative estimate of drug-likeness (QED) is 0.803. The van der Waals surface area contributed by atoms with Crippen molar-refractivity contribution in [3.05, 3.63) is 27.8 Å². The predicted molar refractivity (Wildman–Crippen MR) is 64.1 cm³/mol. The lowest BCUT2D eigenvalue weighted by Gasteiger charge is -2.33. The fourth-order valence-corrected chi connectivity index (χ4v) is 2.42. The smallest absolute Gasteiger partial charge is 0.345 e. The van der Waals surface area contributed by atoms with Crippen LogP contribution in [-0.4, -0.2) is 30.5 Å². The number of rotatable bonds is 2. The summed E-state index contributed by atoms with van der Waals surface area (Å²) < 4.78 is 21.3. The summed E-state index contributed by atoms with van der Waals surface area (Å²) in [6.45, 7) is 3.62. The molecule has 2 aliphatic heterocycles. The number of aliphatic hydroxyl groups excluding tert-OH is 1. The first-order valence-corrected chi connectivity index (χ1v) is 6.24. The van der Waals surface area contributed by atoms with Crippen LogP contribution in [0.3, 0.4) is 0 Å². The van der Waals surface area contributed by atoms with Crippen LogP contribution in [-0.2, 0) is 9.47 Å². The van der Waals surface area contributed by atoms with Crippen LogP contribution < -0.4 is 10.4 Å². The topological polar surface area (TPSA) is 81.4 Å². The van der Waals surface area contributed by atoms with Crippen LogP contribution in [0.1, 0.15) is 37.4 Å². The van der Waals surface area contributed by atoms with Crippen molar-refractivity contribution in [3.8, 4) is 5.75 Å². The summed E-state index contributed by atoms with van der Waals surface area (Å²) in [5.41, 5.74) is -0.321. The van der Waals surface area contributed by atoms with Gasteiger partial charge < -0.3 is 23.7 Å². The van der Waals surface area contributed by atoms with Gasteiger partial charge in [0.1, 0.15) is 41.5 Å². The van der Waals surface area contributed by atoms with Crippen molar-refractivity contribution in [2.75, 3.05) is 7.11 Å². The number of fused-ring (bicyclic) bond motifs is 1. The number of ether oxygens (including phenoxy) is 3. The maximum atomic E-state index is 12.1. The Morgan fingerprint density at radius 3 is 2.58 bits per heavy atom. The van der Waals surface area contributed by atoms with E-state index < -0.39 is 23.9 Å². The first-order chi connectivity index (χ1) is 9.02. The molecule has 6 heteroatoms. The Bertz CT molecular complexity index is 551. The van der Waals surface area contributed by atoms with E-state index in [1.165, 1.54) is 7.11 Å². The Hall–Kier alpha value is -1.37. The molecule has 19 heavy (non-hydrogen) atoms. The highest BCUT2D eigenvalue weighted by Gasteiger charge is 2.42. The van der Waals surface area contributed by atoms with Crippen molar-refractivity contribution in [3.63, 3.8) is 0 Å². The van der Waals surface area contributed by atoms with Crippen LogP contribution in [0.2, 0.25) is 0 Å². The van der Waals surface area contributed by atoms with Gasteiger partial charge in [0.05, 0.1) is 6.10 Å². The molecule has 0 aliphatic carbocycles. The molecule has 0 bridgehead atoms. The molecule has 0 unspecified atom stereocenters. The van der Waals surface area contributed by atoms with E-state index in [1.807, 2.05) is 6.92 Å². The van der Waals surface area contributed by atoms with Gasteiger partial charge in [0.15, 0.2) is 0 Å². The van der Waals surface area contributed by atoms with Crippen molar-refractivity contribution in [2.45, 2.75) is 44.4 Å². The summed E-state index contributed by atoms with van der Waals surface area (Å²) in [4.78, 5) is 12.1. The molecule has 2 aliphatic rings. The monoisotopic (exact) mass is 268 g/mol. The predicted octanol–water partition coefficient (Wildman–Crippen LogP) is 0.929. The average molecular weight is 268 g/mol. The second kappa shape index (κ2) is 4.33. The highest BCUT2D eigenvalue weighted by atomic mass is 16.6. The Balaban J connectivity index is 2.07. The van der Waals surface area contributed by atoms with E-state index >= 15 is 0 Å². The molecule has 0 radical (unpaired) electrons. The number of aliphatic hydroxyl groups is 1. The van der Waals surface area contributed by atoms with Crippen molar-refractivity contribution >= 4 is 0 Å². The van der Waals surface area contributed by atoms with Crippen LogP contribution in [0.15, 0.2) is 15.3 Å². The molecule has 0 amide bonds. The maximum absolute atomic E-state index is 12.1. The van der Waals surface area contributed by atoms with Gasteiger partial charge in [-0.3, -0.25) is 0 Å². The second-order valence-electron chi connectivity index (χ2n) is 4.95. The summed E-state index contributed by atoms with van der Waals surface area (Å²) in [7, 11) is 1.44. The van der Waals surface area contributed by atoms with Gasteiger partial charge in [-0.1, -0.05) is 0 Å². The van der Waals surface area contributed by atoms with E-state index in [1.54, 1.807) is 13.0 Å². The summed E-state index contributed by atoms with van der Waals surface area (Å²) in [6.07, 6.45) is -2.23. The van der Waals surface area contributed by atoms with Crippen LogP contribution in [0.4, 0.5) is 0 Å². The third kappa shape index (κ3) is 1.96. The SMILES string of the molecule is CO[C@@H]1c2c(cc([C@@H]3O[C@H]3C)oc2=O)O[C@@H](C)[C@@H]1O. The summed E-state index contributed by atoms with van der Waals surface area (Å²) in [6, 6.07) is 1.65. The summed E-state index contributed by atoms with van der Waals surface area (Å²) in [5, 5.41) is 9.99. The van der Waals surface area contributed by atoms with Gasteiger partial charge in [-0.25, -0.2) is 4.79 Å². The molecule has 104 valence electrons. The minimum absolute atomic E-state index is 0.0472. The molecule has 1 aromatic rings. The van der Waals surface area contributed by atoms with E-state index in [4.69, 9.17) is 18.6 Å². The zero-order chi connectivity index (χ0) is 13.7. The molecule has 1 N–H and O–H groups in total. The molecule has 1 aromatic heterocycles. The molecule has 0 aromatic carbocycles. The molecule has 1 fully saturated rings. The first-order valence-electron chi connectivity index (χ1n) is 6.24. The Kier molecular flexibility index (Phi) is 2.88. The van der Waals surface area contributed by atoms with Gasteiger partial charge in [-0.15, -0.1) is 0 Å². The summed E-state index contributed by atoms with van der Waals surface area (Å²) in [5.74, 6) is 0.855. The van der Waals surface area contributed by atoms with Crippen molar-refractivity contribution in [1.29, 1.82) is 0 Å². The number of methoxy groups -OCH3 is 1. The minimum atomic E-state index is -0.901. The molecule has 5 atom stereocenters. The van der Waals surface area contributed by atoms with E-state index in [-0.39, 0.29) is 17.8 Å². The molecule has 3 heterocycles. The molecular formula is C13H16O6. The van der Waals surface area contributed by atoms with Crippen molar-refractivity contribution in [2.24, 2.45) is 0 Å². The normalized spacial score (nSPS) is 36.5. The number of hydrogen-bond acceptors (Lipinski definition) is 6. The number of hydrogen-bond donors (Lipinski definition) is 1. The van der Waals surface area contributed by atoms with Gasteiger partial charge in [0, 0.05) is 13.2 Å². The van der Waals surface area contributed by atoms with Gasteiger partial charge >= 0.3 is 5.63 Å².